The van der Waals surface area contributed by atoms with E-state index in [0.717, 1.165) is 32.2 Å². The Morgan fingerprint density at radius 3 is 3.05 bits per heavy atom. The summed E-state index contributed by atoms with van der Waals surface area (Å²) >= 11 is 0. The minimum Gasteiger partial charge on any atom is -0.396 e. The van der Waals surface area contributed by atoms with E-state index in [2.05, 4.69) is 4.90 Å². The van der Waals surface area contributed by atoms with Crippen LogP contribution < -0.4 is 0 Å². The topological polar surface area (TPSA) is 47.3 Å². The Morgan fingerprint density at radius 1 is 1.47 bits per heavy atom. The van der Waals surface area contributed by atoms with Gasteiger partial charge in [0.1, 0.15) is 11.9 Å². The van der Waals surface area contributed by atoms with Crippen molar-refractivity contribution >= 4 is 0 Å². The van der Waals surface area contributed by atoms with E-state index >= 15 is 0 Å². The summed E-state index contributed by atoms with van der Waals surface area (Å²) in [5.74, 6) is -0.391. The predicted octanol–water partition coefficient (Wildman–Crippen LogP) is 2.43. The van der Waals surface area contributed by atoms with Crippen molar-refractivity contribution in [2.45, 2.75) is 38.3 Å². The zero-order chi connectivity index (χ0) is 13.7. The number of halogens is 1. The molecule has 3 nitrogen and oxygen atoms in total. The van der Waals surface area contributed by atoms with Crippen LogP contribution in [0.25, 0.3) is 0 Å². The summed E-state index contributed by atoms with van der Waals surface area (Å²) in [5.41, 5.74) is 0.707. The van der Waals surface area contributed by atoms with Gasteiger partial charge in [-0.2, -0.15) is 5.26 Å². The minimum atomic E-state index is -0.391. The Bertz CT molecular complexity index is 470. The second kappa shape index (κ2) is 6.65. The van der Waals surface area contributed by atoms with Crippen LogP contribution >= 0.6 is 0 Å². The molecular weight excluding hydrogens is 243 g/mol. The van der Waals surface area contributed by atoms with Gasteiger partial charge in [-0.25, -0.2) is 4.39 Å². The summed E-state index contributed by atoms with van der Waals surface area (Å²) in [7, 11) is 0. The predicted molar refractivity (Wildman–Crippen MR) is 70.9 cm³/mol. The Hall–Kier alpha value is -1.44. The monoisotopic (exact) mass is 262 g/mol. The molecule has 1 N–H and O–H groups in total. The molecule has 0 aliphatic carbocycles. The SMILES string of the molecule is N#Cc1cccc(CN2CCCC2CCCO)c1F. The van der Waals surface area contributed by atoms with E-state index in [0.29, 0.717) is 18.2 Å². The molecule has 1 aromatic carbocycles. The maximum absolute atomic E-state index is 14.0. The quantitative estimate of drug-likeness (QED) is 0.886. The van der Waals surface area contributed by atoms with Gasteiger partial charge in [0.05, 0.1) is 5.56 Å². The fraction of sp³-hybridized carbons (Fsp3) is 0.533. The smallest absolute Gasteiger partial charge is 0.145 e. The maximum atomic E-state index is 14.0. The van der Waals surface area contributed by atoms with Crippen molar-refractivity contribution in [3.8, 4) is 6.07 Å². The van der Waals surface area contributed by atoms with E-state index in [-0.39, 0.29) is 12.2 Å². The first-order valence-corrected chi connectivity index (χ1v) is 6.78. The summed E-state index contributed by atoms with van der Waals surface area (Å²) in [6, 6.07) is 7.29. The molecule has 2 rings (SSSR count). The van der Waals surface area contributed by atoms with Gasteiger partial charge in [0.25, 0.3) is 0 Å². The molecule has 4 heteroatoms. The van der Waals surface area contributed by atoms with Crippen molar-refractivity contribution in [3.05, 3.63) is 35.1 Å². The Labute approximate surface area is 113 Å². The maximum Gasteiger partial charge on any atom is 0.145 e. The second-order valence-electron chi connectivity index (χ2n) is 5.02. The van der Waals surface area contributed by atoms with Crippen molar-refractivity contribution < 1.29 is 9.50 Å². The number of benzene rings is 1. The molecule has 1 heterocycles. The van der Waals surface area contributed by atoms with Crippen LogP contribution in [0.4, 0.5) is 4.39 Å². The Balaban J connectivity index is 2.06. The molecule has 1 saturated heterocycles. The second-order valence-corrected chi connectivity index (χ2v) is 5.02. The highest BCUT2D eigenvalue weighted by molar-refractivity contribution is 5.34. The number of aliphatic hydroxyl groups is 1. The molecule has 102 valence electrons. The number of nitrogens with zero attached hydrogens (tertiary/aromatic N) is 2. The first kappa shape index (κ1) is 14.0. The number of hydrogen-bond acceptors (Lipinski definition) is 3. The highest BCUT2D eigenvalue weighted by atomic mass is 19.1. The molecule has 1 aromatic rings. The van der Waals surface area contributed by atoms with Crippen molar-refractivity contribution in [3.63, 3.8) is 0 Å². The average molecular weight is 262 g/mol. The van der Waals surface area contributed by atoms with Crippen molar-refractivity contribution in [2.75, 3.05) is 13.2 Å². The van der Waals surface area contributed by atoms with Crippen molar-refractivity contribution in [1.82, 2.24) is 4.90 Å². The third-order valence-electron chi connectivity index (χ3n) is 3.77. The van der Waals surface area contributed by atoms with Crippen LogP contribution in [0, 0.1) is 17.1 Å². The first-order valence-electron chi connectivity index (χ1n) is 6.78. The number of nitriles is 1. The molecule has 1 unspecified atom stereocenters. The zero-order valence-corrected chi connectivity index (χ0v) is 11.0. The molecule has 0 spiro atoms. The van der Waals surface area contributed by atoms with E-state index < -0.39 is 5.82 Å². The van der Waals surface area contributed by atoms with E-state index in [1.165, 1.54) is 6.07 Å². The molecule has 0 radical (unpaired) electrons. The van der Waals surface area contributed by atoms with Crippen molar-refractivity contribution in [2.24, 2.45) is 0 Å². The van der Waals surface area contributed by atoms with E-state index in [9.17, 15) is 4.39 Å². The van der Waals surface area contributed by atoms with Gasteiger partial charge in [-0.05, 0) is 38.3 Å². The van der Waals surface area contributed by atoms with Crippen molar-refractivity contribution in [1.29, 1.82) is 5.26 Å². The van der Waals surface area contributed by atoms with Gasteiger partial charge in [-0.3, -0.25) is 4.90 Å². The lowest BCUT2D eigenvalue weighted by Gasteiger charge is -2.24. The minimum absolute atomic E-state index is 0.114. The Kier molecular flexibility index (Phi) is 4.89. The van der Waals surface area contributed by atoms with Crippen LogP contribution in [0.3, 0.4) is 0 Å². The van der Waals surface area contributed by atoms with E-state index in [1.54, 1.807) is 12.1 Å². The lowest BCUT2D eigenvalue weighted by Crippen LogP contribution is -2.29. The molecule has 0 amide bonds. The van der Waals surface area contributed by atoms with Gasteiger partial charge >= 0.3 is 0 Å². The highest BCUT2D eigenvalue weighted by Gasteiger charge is 2.24. The summed E-state index contributed by atoms with van der Waals surface area (Å²) in [6.45, 7) is 1.73. The third kappa shape index (κ3) is 3.31. The fourth-order valence-corrected chi connectivity index (χ4v) is 2.76. The zero-order valence-electron chi connectivity index (χ0n) is 11.0. The third-order valence-corrected chi connectivity index (χ3v) is 3.77. The van der Waals surface area contributed by atoms with Gasteiger partial charge < -0.3 is 5.11 Å². The van der Waals surface area contributed by atoms with Crippen LogP contribution in [0.15, 0.2) is 18.2 Å². The fourth-order valence-electron chi connectivity index (χ4n) is 2.76. The standard InChI is InChI=1S/C15H19FN2O/c16-15-12(10-17)4-1-5-13(15)11-18-8-2-6-14(18)7-3-9-19/h1,4-5,14,19H,2-3,6-9,11H2. The molecule has 0 saturated carbocycles. The molecule has 1 aliphatic heterocycles. The lowest BCUT2D eigenvalue weighted by atomic mass is 10.1. The number of hydrogen-bond donors (Lipinski definition) is 1. The van der Waals surface area contributed by atoms with Crippen LogP contribution in [0.5, 0.6) is 0 Å². The molecule has 0 aromatic heterocycles. The molecule has 19 heavy (non-hydrogen) atoms. The molecule has 0 bridgehead atoms. The van der Waals surface area contributed by atoms with Crippen LogP contribution in [-0.4, -0.2) is 29.2 Å². The van der Waals surface area contributed by atoms with Gasteiger partial charge in [0, 0.05) is 24.8 Å². The summed E-state index contributed by atoms with van der Waals surface area (Å²) < 4.78 is 14.0. The molecule has 1 fully saturated rings. The van der Waals surface area contributed by atoms with Gasteiger partial charge in [-0.15, -0.1) is 0 Å². The van der Waals surface area contributed by atoms with Crippen LogP contribution in [-0.2, 0) is 6.54 Å². The molecule has 1 atom stereocenters. The number of likely N-dealkylation sites (tertiary alicyclic amines) is 1. The summed E-state index contributed by atoms with van der Waals surface area (Å²) in [5, 5.41) is 17.7. The van der Waals surface area contributed by atoms with Gasteiger partial charge in [0.15, 0.2) is 0 Å². The van der Waals surface area contributed by atoms with Crippen LogP contribution in [0.1, 0.15) is 36.8 Å². The molecular formula is C15H19FN2O. The Morgan fingerprint density at radius 2 is 2.32 bits per heavy atom. The largest absolute Gasteiger partial charge is 0.396 e. The van der Waals surface area contributed by atoms with E-state index in [4.69, 9.17) is 10.4 Å². The highest BCUT2D eigenvalue weighted by Crippen LogP contribution is 2.24. The van der Waals surface area contributed by atoms with E-state index in [1.807, 2.05) is 6.07 Å². The number of rotatable bonds is 5. The number of aliphatic hydroxyl groups excluding tert-OH is 1. The van der Waals surface area contributed by atoms with Gasteiger partial charge in [-0.1, -0.05) is 12.1 Å². The molecule has 1 aliphatic rings. The van der Waals surface area contributed by atoms with Gasteiger partial charge in [0.2, 0.25) is 0 Å². The normalized spacial score (nSPS) is 19.5. The lowest BCUT2D eigenvalue weighted by molar-refractivity contribution is 0.208. The summed E-state index contributed by atoms with van der Waals surface area (Å²) in [4.78, 5) is 2.26. The first-order chi connectivity index (χ1) is 9.26. The average Bonchev–Trinajstić information content (AvgIpc) is 2.86. The van der Waals surface area contributed by atoms with Crippen LogP contribution in [0.2, 0.25) is 0 Å². The summed E-state index contributed by atoms with van der Waals surface area (Å²) in [6.07, 6.45) is 3.98.